The van der Waals surface area contributed by atoms with E-state index in [1.165, 1.54) is 0 Å². The summed E-state index contributed by atoms with van der Waals surface area (Å²) in [5, 5.41) is 7.68. The van der Waals surface area contributed by atoms with Crippen molar-refractivity contribution in [2.75, 3.05) is 12.9 Å². The SMILES string of the molecule is C=CCSc1ccc(-c2nc3cnncc3[nH]2)c(OC)c1. The van der Waals surface area contributed by atoms with E-state index in [1.807, 2.05) is 18.2 Å². The van der Waals surface area contributed by atoms with Crippen LogP contribution in [-0.2, 0) is 0 Å². The zero-order valence-electron chi connectivity index (χ0n) is 11.5. The number of ether oxygens (including phenoxy) is 1. The van der Waals surface area contributed by atoms with Crippen LogP contribution in [0.1, 0.15) is 0 Å². The smallest absolute Gasteiger partial charge is 0.142 e. The van der Waals surface area contributed by atoms with Crippen LogP contribution >= 0.6 is 11.8 Å². The van der Waals surface area contributed by atoms with Crippen molar-refractivity contribution in [1.82, 2.24) is 20.2 Å². The van der Waals surface area contributed by atoms with E-state index in [0.717, 1.165) is 38.8 Å². The minimum atomic E-state index is 0.747. The predicted molar refractivity (Wildman–Crippen MR) is 84.6 cm³/mol. The molecular formula is C15H14N4OS. The van der Waals surface area contributed by atoms with Crippen molar-refractivity contribution >= 4 is 22.8 Å². The van der Waals surface area contributed by atoms with Gasteiger partial charge in [0.2, 0.25) is 0 Å². The number of benzene rings is 1. The Morgan fingerprint density at radius 3 is 2.95 bits per heavy atom. The van der Waals surface area contributed by atoms with Crippen LogP contribution in [-0.4, -0.2) is 33.0 Å². The van der Waals surface area contributed by atoms with Gasteiger partial charge in [-0.3, -0.25) is 0 Å². The van der Waals surface area contributed by atoms with Gasteiger partial charge >= 0.3 is 0 Å². The Bertz CT molecular complexity index is 751. The Hall–Kier alpha value is -2.34. The summed E-state index contributed by atoms with van der Waals surface area (Å²) in [4.78, 5) is 8.89. The van der Waals surface area contributed by atoms with Gasteiger partial charge in [0.05, 0.1) is 30.6 Å². The topological polar surface area (TPSA) is 63.7 Å². The zero-order chi connectivity index (χ0) is 14.7. The molecule has 0 atom stereocenters. The molecule has 0 unspecified atom stereocenters. The molecule has 3 aromatic rings. The number of H-pyrrole nitrogens is 1. The second-order valence-corrected chi connectivity index (χ2v) is 5.43. The molecule has 106 valence electrons. The molecule has 1 N–H and O–H groups in total. The van der Waals surface area contributed by atoms with Crippen molar-refractivity contribution < 1.29 is 4.74 Å². The number of imidazole rings is 1. The average molecular weight is 298 g/mol. The van der Waals surface area contributed by atoms with E-state index >= 15 is 0 Å². The van der Waals surface area contributed by atoms with Crippen molar-refractivity contribution in [3.63, 3.8) is 0 Å². The number of methoxy groups -OCH3 is 1. The molecule has 0 radical (unpaired) electrons. The third-order valence-electron chi connectivity index (χ3n) is 2.99. The number of hydrogen-bond donors (Lipinski definition) is 1. The summed E-state index contributed by atoms with van der Waals surface area (Å²) in [6, 6.07) is 6.06. The van der Waals surface area contributed by atoms with Gasteiger partial charge < -0.3 is 9.72 Å². The third-order valence-corrected chi connectivity index (χ3v) is 3.98. The number of nitrogens with one attached hydrogen (secondary N) is 1. The maximum absolute atomic E-state index is 5.49. The summed E-state index contributed by atoms with van der Waals surface area (Å²) in [7, 11) is 1.66. The van der Waals surface area contributed by atoms with E-state index in [4.69, 9.17) is 4.74 Å². The molecular weight excluding hydrogens is 284 g/mol. The highest BCUT2D eigenvalue weighted by molar-refractivity contribution is 7.99. The van der Waals surface area contributed by atoms with Gasteiger partial charge in [0, 0.05) is 10.6 Å². The Kier molecular flexibility index (Phi) is 3.87. The monoisotopic (exact) mass is 298 g/mol. The second kappa shape index (κ2) is 5.97. The molecule has 0 amide bonds. The highest BCUT2D eigenvalue weighted by atomic mass is 32.2. The molecule has 0 saturated carbocycles. The largest absolute Gasteiger partial charge is 0.496 e. The lowest BCUT2D eigenvalue weighted by Crippen LogP contribution is -1.90. The van der Waals surface area contributed by atoms with Crippen molar-refractivity contribution in [3.05, 3.63) is 43.2 Å². The van der Waals surface area contributed by atoms with Crippen LogP contribution in [0.3, 0.4) is 0 Å². The van der Waals surface area contributed by atoms with Gasteiger partial charge in [-0.15, -0.1) is 18.3 Å². The van der Waals surface area contributed by atoms with E-state index in [1.54, 1.807) is 31.3 Å². The molecule has 0 bridgehead atoms. The molecule has 0 aliphatic carbocycles. The summed E-state index contributed by atoms with van der Waals surface area (Å²) in [6.07, 6.45) is 5.17. The van der Waals surface area contributed by atoms with E-state index in [9.17, 15) is 0 Å². The van der Waals surface area contributed by atoms with Crippen molar-refractivity contribution in [2.45, 2.75) is 4.90 Å². The molecule has 0 spiro atoms. The Balaban J connectivity index is 2.02. The third kappa shape index (κ3) is 2.75. The average Bonchev–Trinajstić information content (AvgIpc) is 2.96. The Morgan fingerprint density at radius 2 is 2.19 bits per heavy atom. The fraction of sp³-hybridized carbons (Fsp3) is 0.133. The molecule has 0 fully saturated rings. The molecule has 5 nitrogen and oxygen atoms in total. The minimum Gasteiger partial charge on any atom is -0.496 e. The normalized spacial score (nSPS) is 10.7. The van der Waals surface area contributed by atoms with E-state index in [2.05, 4.69) is 32.8 Å². The molecule has 1 aromatic carbocycles. The minimum absolute atomic E-state index is 0.747. The first-order valence-corrected chi connectivity index (χ1v) is 7.39. The number of rotatable bonds is 5. The van der Waals surface area contributed by atoms with Crippen molar-refractivity contribution in [2.24, 2.45) is 0 Å². The number of aromatic nitrogens is 4. The fourth-order valence-electron chi connectivity index (χ4n) is 2.02. The van der Waals surface area contributed by atoms with Gasteiger partial charge in [0.1, 0.15) is 17.1 Å². The lowest BCUT2D eigenvalue weighted by atomic mass is 10.2. The van der Waals surface area contributed by atoms with Gasteiger partial charge in [-0.25, -0.2) is 4.98 Å². The van der Waals surface area contributed by atoms with Gasteiger partial charge in [0.15, 0.2) is 0 Å². The lowest BCUT2D eigenvalue weighted by Gasteiger charge is -2.08. The number of nitrogens with zero attached hydrogens (tertiary/aromatic N) is 3. The lowest BCUT2D eigenvalue weighted by molar-refractivity contribution is 0.415. The van der Waals surface area contributed by atoms with Gasteiger partial charge in [0.25, 0.3) is 0 Å². The van der Waals surface area contributed by atoms with Crippen molar-refractivity contribution in [3.8, 4) is 17.1 Å². The van der Waals surface area contributed by atoms with E-state index in [-0.39, 0.29) is 0 Å². The molecule has 2 aromatic heterocycles. The first-order chi connectivity index (χ1) is 10.3. The summed E-state index contributed by atoms with van der Waals surface area (Å²) in [6.45, 7) is 3.73. The first kappa shape index (κ1) is 13.6. The highest BCUT2D eigenvalue weighted by Gasteiger charge is 2.11. The van der Waals surface area contributed by atoms with Crippen LogP contribution in [0.5, 0.6) is 5.75 Å². The van der Waals surface area contributed by atoms with E-state index in [0.29, 0.717) is 0 Å². The highest BCUT2D eigenvalue weighted by Crippen LogP contribution is 2.33. The molecule has 6 heteroatoms. The number of fused-ring (bicyclic) bond motifs is 1. The van der Waals surface area contributed by atoms with Crippen LogP contribution in [0.15, 0.2) is 48.1 Å². The quantitative estimate of drug-likeness (QED) is 0.578. The van der Waals surface area contributed by atoms with Crippen LogP contribution in [0.2, 0.25) is 0 Å². The first-order valence-electron chi connectivity index (χ1n) is 6.40. The predicted octanol–water partition coefficient (Wildman–Crippen LogP) is 3.31. The standard InChI is InChI=1S/C15H14N4OS/c1-3-6-21-10-4-5-11(14(7-10)20-2)15-18-12-8-16-17-9-13(12)19-15/h3-5,7-9H,1,6H2,2H3,(H,18,19). The summed E-state index contributed by atoms with van der Waals surface area (Å²) < 4.78 is 5.49. The molecule has 3 rings (SSSR count). The van der Waals surface area contributed by atoms with Gasteiger partial charge in [-0.05, 0) is 18.2 Å². The van der Waals surface area contributed by atoms with Crippen LogP contribution in [0, 0.1) is 0 Å². The van der Waals surface area contributed by atoms with Gasteiger partial charge in [-0.2, -0.15) is 10.2 Å². The second-order valence-electron chi connectivity index (χ2n) is 4.34. The summed E-state index contributed by atoms with van der Waals surface area (Å²) in [5.41, 5.74) is 2.55. The van der Waals surface area contributed by atoms with Crippen LogP contribution in [0.4, 0.5) is 0 Å². The molecule has 0 saturated heterocycles. The zero-order valence-corrected chi connectivity index (χ0v) is 12.4. The van der Waals surface area contributed by atoms with Crippen LogP contribution < -0.4 is 4.74 Å². The molecule has 2 heterocycles. The van der Waals surface area contributed by atoms with E-state index < -0.39 is 0 Å². The maximum atomic E-state index is 5.49. The van der Waals surface area contributed by atoms with Crippen molar-refractivity contribution in [1.29, 1.82) is 0 Å². The summed E-state index contributed by atoms with van der Waals surface area (Å²) >= 11 is 1.71. The Morgan fingerprint density at radius 1 is 1.33 bits per heavy atom. The number of thioether (sulfide) groups is 1. The molecule has 0 aliphatic heterocycles. The summed E-state index contributed by atoms with van der Waals surface area (Å²) in [5.74, 6) is 2.39. The maximum Gasteiger partial charge on any atom is 0.142 e. The fourth-order valence-corrected chi connectivity index (χ4v) is 2.68. The van der Waals surface area contributed by atoms with Gasteiger partial charge in [-0.1, -0.05) is 6.08 Å². The Labute approximate surface area is 126 Å². The molecule has 0 aliphatic rings. The number of aromatic amines is 1. The molecule has 21 heavy (non-hydrogen) atoms. The number of hydrogen-bond acceptors (Lipinski definition) is 5. The van der Waals surface area contributed by atoms with Crippen LogP contribution in [0.25, 0.3) is 22.4 Å².